The van der Waals surface area contributed by atoms with Crippen molar-refractivity contribution in [1.29, 1.82) is 5.26 Å². The van der Waals surface area contributed by atoms with E-state index in [-0.39, 0.29) is 44.5 Å². The lowest BCUT2D eigenvalue weighted by atomic mass is 9.85. The number of anilines is 2. The molecule has 356 valence electrons. The first-order chi connectivity index (χ1) is 32.0. The molecule has 3 atom stereocenters. The minimum atomic E-state index is -1.12. The van der Waals surface area contributed by atoms with Crippen molar-refractivity contribution in [1.82, 2.24) is 20.5 Å². The number of carbonyl (C=O) groups is 5. The van der Waals surface area contributed by atoms with Gasteiger partial charge in [-0.25, -0.2) is 14.7 Å². The summed E-state index contributed by atoms with van der Waals surface area (Å²) in [5.74, 6) is -0.987. The van der Waals surface area contributed by atoms with E-state index < -0.39 is 47.0 Å². The SMILES string of the molecule is Cc1ncsc1-c1ccc(CNC(=O)[C@@H]2C[C@@H](O)CN2C(=O)[C@@H](NC(=O)COCCCOCCCCCOc2ccc(N3C(=O)N(c4ccc(C#N)cc4)C(=O)C3(C)C)cc2)C(C)(C)C)cc1. The maximum absolute atomic E-state index is 13.9. The quantitative estimate of drug-likeness (QED) is 0.0606. The molecular weight excluding hydrogens is 875 g/mol. The Morgan fingerprint density at radius 1 is 0.910 bits per heavy atom. The van der Waals surface area contributed by atoms with E-state index in [0.29, 0.717) is 48.9 Å². The second-order valence-electron chi connectivity index (χ2n) is 18.3. The molecule has 0 bridgehead atoms. The highest BCUT2D eigenvalue weighted by molar-refractivity contribution is 7.13. The number of urea groups is 1. The van der Waals surface area contributed by atoms with Crippen molar-refractivity contribution in [3.8, 4) is 22.3 Å². The van der Waals surface area contributed by atoms with Gasteiger partial charge in [-0.2, -0.15) is 5.26 Å². The first-order valence-corrected chi connectivity index (χ1v) is 23.5. The Hall–Kier alpha value is -6.19. The van der Waals surface area contributed by atoms with Crippen LogP contribution < -0.4 is 25.2 Å². The lowest BCUT2D eigenvalue weighted by Crippen LogP contribution is -2.58. The predicted molar refractivity (Wildman–Crippen MR) is 254 cm³/mol. The zero-order chi connectivity index (χ0) is 48.3. The van der Waals surface area contributed by atoms with Gasteiger partial charge in [0.2, 0.25) is 17.7 Å². The van der Waals surface area contributed by atoms with Gasteiger partial charge in [-0.1, -0.05) is 45.0 Å². The van der Waals surface area contributed by atoms with Gasteiger partial charge in [0.25, 0.3) is 5.91 Å². The predicted octanol–water partition coefficient (Wildman–Crippen LogP) is 6.52. The van der Waals surface area contributed by atoms with Crippen LogP contribution in [0.4, 0.5) is 16.2 Å². The van der Waals surface area contributed by atoms with Gasteiger partial charge >= 0.3 is 6.03 Å². The molecule has 6 amide bonds. The lowest BCUT2D eigenvalue weighted by Gasteiger charge is -2.35. The first kappa shape index (κ1) is 50.2. The normalized spacial score (nSPS) is 17.4. The third kappa shape index (κ3) is 12.6. The molecule has 3 N–H and O–H groups in total. The van der Waals surface area contributed by atoms with E-state index in [4.69, 9.17) is 19.5 Å². The number of ether oxygens (including phenoxy) is 3. The monoisotopic (exact) mass is 935 g/mol. The van der Waals surface area contributed by atoms with E-state index in [9.17, 15) is 29.1 Å². The molecule has 2 saturated heterocycles. The summed E-state index contributed by atoms with van der Waals surface area (Å²) in [6.45, 7) is 12.7. The number of amides is 6. The number of hydrogen-bond donors (Lipinski definition) is 3. The number of likely N-dealkylation sites (tertiary alicyclic amines) is 1. The zero-order valence-electron chi connectivity index (χ0n) is 39.1. The number of nitrogens with one attached hydrogen (secondary N) is 2. The van der Waals surface area contributed by atoms with Crippen LogP contribution in [0.2, 0.25) is 0 Å². The number of unbranched alkanes of at least 4 members (excludes halogenated alkanes) is 2. The van der Waals surface area contributed by atoms with Gasteiger partial charge in [0.05, 0.1) is 46.1 Å². The van der Waals surface area contributed by atoms with Crippen molar-refractivity contribution >= 4 is 52.4 Å². The summed E-state index contributed by atoms with van der Waals surface area (Å²) in [4.78, 5) is 76.5. The van der Waals surface area contributed by atoms with Crippen molar-refractivity contribution in [2.75, 3.05) is 49.4 Å². The molecule has 3 aromatic carbocycles. The molecule has 1 aromatic heterocycles. The Morgan fingerprint density at radius 3 is 2.22 bits per heavy atom. The molecule has 16 nitrogen and oxygen atoms in total. The Bertz CT molecular complexity index is 2390. The number of nitrogens with zero attached hydrogens (tertiary/aromatic N) is 5. The van der Waals surface area contributed by atoms with Crippen LogP contribution in [0, 0.1) is 23.7 Å². The van der Waals surface area contributed by atoms with Gasteiger partial charge in [-0.05, 0) is 112 Å². The maximum Gasteiger partial charge on any atom is 0.336 e. The first-order valence-electron chi connectivity index (χ1n) is 22.6. The summed E-state index contributed by atoms with van der Waals surface area (Å²) in [5, 5.41) is 25.4. The number of aryl methyl sites for hydroxylation is 1. The Kier molecular flexibility index (Phi) is 16.9. The van der Waals surface area contributed by atoms with E-state index in [0.717, 1.165) is 45.9 Å². The average Bonchev–Trinajstić information content (AvgIpc) is 3.97. The van der Waals surface area contributed by atoms with Crippen LogP contribution >= 0.6 is 11.3 Å². The number of nitriles is 1. The number of aromatic nitrogens is 1. The third-order valence-corrected chi connectivity index (χ3v) is 12.7. The average molecular weight is 936 g/mol. The van der Waals surface area contributed by atoms with Gasteiger partial charge in [-0.3, -0.25) is 24.1 Å². The number of thiazole rings is 1. The molecule has 17 heteroatoms. The van der Waals surface area contributed by atoms with Crippen LogP contribution in [0.3, 0.4) is 0 Å². The van der Waals surface area contributed by atoms with Crippen molar-refractivity contribution in [3.63, 3.8) is 0 Å². The van der Waals surface area contributed by atoms with Crippen molar-refractivity contribution < 1.29 is 43.3 Å². The number of rotatable bonds is 21. The number of β-amino-alcohol motifs (C(OH)–C–C–N with tert-alkyl or cyclic N) is 1. The fraction of sp³-hybridized carbons (Fsp3) is 0.460. The Balaban J connectivity index is 0.837. The molecule has 0 radical (unpaired) electrons. The van der Waals surface area contributed by atoms with Crippen LogP contribution in [0.15, 0.2) is 78.3 Å². The van der Waals surface area contributed by atoms with Crippen molar-refractivity contribution in [2.45, 2.75) is 104 Å². The fourth-order valence-corrected chi connectivity index (χ4v) is 8.83. The highest BCUT2D eigenvalue weighted by atomic mass is 32.1. The highest BCUT2D eigenvalue weighted by Crippen LogP contribution is 2.37. The van der Waals surface area contributed by atoms with E-state index in [1.54, 1.807) is 73.7 Å². The maximum atomic E-state index is 13.9. The number of carbonyl (C=O) groups excluding carboxylic acids is 5. The Labute approximate surface area is 396 Å². The molecule has 3 heterocycles. The summed E-state index contributed by atoms with van der Waals surface area (Å²) < 4.78 is 17.3. The topological polar surface area (TPSA) is 204 Å². The molecule has 0 unspecified atom stereocenters. The molecule has 67 heavy (non-hydrogen) atoms. The summed E-state index contributed by atoms with van der Waals surface area (Å²) in [7, 11) is 0. The second kappa shape index (κ2) is 22.5. The van der Waals surface area contributed by atoms with Crippen LogP contribution in [-0.2, 0) is 35.2 Å². The number of imide groups is 1. The van der Waals surface area contributed by atoms with E-state index in [1.807, 2.05) is 63.5 Å². The van der Waals surface area contributed by atoms with Gasteiger partial charge < -0.3 is 34.9 Å². The highest BCUT2D eigenvalue weighted by Gasteiger charge is 2.52. The zero-order valence-corrected chi connectivity index (χ0v) is 39.9. The van der Waals surface area contributed by atoms with Gasteiger partial charge in [0.1, 0.15) is 30.0 Å². The van der Waals surface area contributed by atoms with Crippen LogP contribution in [0.1, 0.15) is 83.5 Å². The minimum absolute atomic E-state index is 0.0145. The van der Waals surface area contributed by atoms with E-state index >= 15 is 0 Å². The number of aliphatic hydroxyl groups is 1. The second-order valence-corrected chi connectivity index (χ2v) is 19.2. The number of benzene rings is 3. The summed E-state index contributed by atoms with van der Waals surface area (Å²) in [5.41, 5.74) is 4.30. The van der Waals surface area contributed by atoms with E-state index in [2.05, 4.69) is 15.6 Å². The summed E-state index contributed by atoms with van der Waals surface area (Å²) in [6, 6.07) is 21.0. The molecule has 6 rings (SSSR count). The third-order valence-electron chi connectivity index (χ3n) is 11.7. The number of aliphatic hydroxyl groups excluding tert-OH is 1. The largest absolute Gasteiger partial charge is 0.494 e. The van der Waals surface area contributed by atoms with Crippen molar-refractivity contribution in [3.05, 3.63) is 95.1 Å². The molecule has 2 aliphatic heterocycles. The molecular formula is C50H61N7O9S. The molecule has 0 saturated carbocycles. The van der Waals surface area contributed by atoms with Crippen LogP contribution in [-0.4, -0.2) is 108 Å². The van der Waals surface area contributed by atoms with Gasteiger partial charge in [0.15, 0.2) is 0 Å². The lowest BCUT2D eigenvalue weighted by molar-refractivity contribution is -0.144. The van der Waals surface area contributed by atoms with Gasteiger partial charge in [-0.15, -0.1) is 11.3 Å². The Morgan fingerprint density at radius 2 is 1.57 bits per heavy atom. The van der Waals surface area contributed by atoms with Crippen molar-refractivity contribution in [2.24, 2.45) is 5.41 Å². The summed E-state index contributed by atoms with van der Waals surface area (Å²) in [6.07, 6.45) is 2.34. The van der Waals surface area contributed by atoms with Crippen LogP contribution in [0.25, 0.3) is 10.4 Å². The molecule has 0 spiro atoms. The molecule has 2 aliphatic rings. The fourth-order valence-electron chi connectivity index (χ4n) is 8.02. The summed E-state index contributed by atoms with van der Waals surface area (Å²) >= 11 is 1.57. The molecule has 4 aromatic rings. The standard InChI is InChI=1S/C50H61N7O9S/c1-33-43(67-32-53-33)36-15-11-35(12-16-36)29-52-45(60)41-27-39(58)30-55(41)46(61)44(49(2,3)4)54-42(59)31-65-25-10-24-64-23-8-7-9-26-66-40-21-19-38(20-22-40)57-48(63)56(47(62)50(57,5)6)37-17-13-34(28-51)14-18-37/h11-22,32,39,41,44,58H,7-10,23-27,29-31H2,1-6H3,(H,52,60)(H,54,59)/t39-,41+,44-/m1/s1. The molecule has 0 aliphatic carbocycles. The minimum Gasteiger partial charge on any atom is -0.494 e. The van der Waals surface area contributed by atoms with E-state index in [1.165, 1.54) is 9.80 Å². The number of hydrogen-bond acceptors (Lipinski definition) is 12. The van der Waals surface area contributed by atoms with Crippen LogP contribution in [0.5, 0.6) is 5.75 Å². The smallest absolute Gasteiger partial charge is 0.336 e. The van der Waals surface area contributed by atoms with Gasteiger partial charge in [0, 0.05) is 45.0 Å². The molecule has 2 fully saturated rings.